The molecule has 1 aliphatic carbocycles. The lowest BCUT2D eigenvalue weighted by molar-refractivity contribution is -0.384. The molecule has 8 heteroatoms. The maximum Gasteiger partial charge on any atom is 0.292 e. The summed E-state index contributed by atoms with van der Waals surface area (Å²) >= 11 is 0. The molecular weight excluding hydrogens is 408 g/mol. The van der Waals surface area contributed by atoms with E-state index >= 15 is 0 Å². The van der Waals surface area contributed by atoms with Crippen LogP contribution in [0.3, 0.4) is 0 Å². The minimum Gasteiger partial charge on any atom is -0.378 e. The van der Waals surface area contributed by atoms with Gasteiger partial charge in [0.2, 0.25) is 5.91 Å². The lowest BCUT2D eigenvalue weighted by atomic mass is 9.84. The molecule has 4 rings (SSSR count). The van der Waals surface area contributed by atoms with Crippen LogP contribution in [0, 0.1) is 16.0 Å². The predicted molar refractivity (Wildman–Crippen MR) is 121 cm³/mol. The smallest absolute Gasteiger partial charge is 0.292 e. The Morgan fingerprint density at radius 2 is 1.72 bits per heavy atom. The normalized spacial score (nSPS) is 22.1. The van der Waals surface area contributed by atoms with Crippen LogP contribution < -0.4 is 10.6 Å². The quantitative estimate of drug-likeness (QED) is 0.392. The van der Waals surface area contributed by atoms with Crippen molar-refractivity contribution in [1.82, 2.24) is 10.2 Å². The molecule has 1 aliphatic heterocycles. The average Bonchev–Trinajstić information content (AvgIpc) is 3.21. The summed E-state index contributed by atoms with van der Waals surface area (Å²) in [7, 11) is 0. The van der Waals surface area contributed by atoms with Crippen molar-refractivity contribution in [2.24, 2.45) is 5.92 Å². The molecule has 2 N–H and O–H groups in total. The number of nitro benzene ring substituents is 1. The van der Waals surface area contributed by atoms with Crippen molar-refractivity contribution in [2.45, 2.75) is 44.2 Å². The van der Waals surface area contributed by atoms with Gasteiger partial charge in [0.15, 0.2) is 0 Å². The van der Waals surface area contributed by atoms with E-state index in [0.717, 1.165) is 25.7 Å². The summed E-state index contributed by atoms with van der Waals surface area (Å²) < 4.78 is 0. The summed E-state index contributed by atoms with van der Waals surface area (Å²) in [5.41, 5.74) is 1.02. The molecule has 3 unspecified atom stereocenters. The standard InChI is InChI=1S/C24H28N4O4/c29-23(26-15-14-25-19-11-5-7-13-21(19)28(31)32)22-16-18-10-4-6-12-20(18)27(22)24(30)17-8-2-1-3-9-17/h1-3,5,7-9,11,13,18,20,22,25H,4,6,10,12,14-16H2,(H,26,29). The number of rotatable bonds is 7. The fourth-order valence-corrected chi connectivity index (χ4v) is 5.00. The molecule has 1 saturated carbocycles. The van der Waals surface area contributed by atoms with Gasteiger partial charge in [-0.1, -0.05) is 43.2 Å². The van der Waals surface area contributed by atoms with Crippen LogP contribution in [0.25, 0.3) is 0 Å². The van der Waals surface area contributed by atoms with Crippen LogP contribution in [0.4, 0.5) is 11.4 Å². The Labute approximate surface area is 187 Å². The van der Waals surface area contributed by atoms with Crippen LogP contribution in [0.15, 0.2) is 54.6 Å². The Balaban J connectivity index is 1.40. The molecule has 0 radical (unpaired) electrons. The zero-order valence-electron chi connectivity index (χ0n) is 17.9. The minimum absolute atomic E-state index is 0.00155. The molecule has 8 nitrogen and oxygen atoms in total. The highest BCUT2D eigenvalue weighted by molar-refractivity contribution is 5.98. The third-order valence-electron chi connectivity index (χ3n) is 6.49. The molecule has 32 heavy (non-hydrogen) atoms. The monoisotopic (exact) mass is 436 g/mol. The average molecular weight is 437 g/mol. The van der Waals surface area contributed by atoms with Crippen molar-refractivity contribution < 1.29 is 14.5 Å². The largest absolute Gasteiger partial charge is 0.378 e. The Hall–Kier alpha value is -3.42. The van der Waals surface area contributed by atoms with E-state index in [1.165, 1.54) is 6.07 Å². The molecule has 2 aromatic carbocycles. The number of hydrogen-bond acceptors (Lipinski definition) is 5. The molecule has 0 spiro atoms. The number of nitrogens with one attached hydrogen (secondary N) is 2. The van der Waals surface area contributed by atoms with E-state index in [1.54, 1.807) is 30.3 Å². The first-order chi connectivity index (χ1) is 15.6. The Morgan fingerprint density at radius 3 is 2.50 bits per heavy atom. The second-order valence-corrected chi connectivity index (χ2v) is 8.43. The molecular formula is C24H28N4O4. The summed E-state index contributed by atoms with van der Waals surface area (Å²) in [6.45, 7) is 0.660. The molecule has 168 valence electrons. The Kier molecular flexibility index (Phi) is 6.68. The van der Waals surface area contributed by atoms with Crippen LogP contribution >= 0.6 is 0 Å². The molecule has 1 heterocycles. The van der Waals surface area contributed by atoms with Gasteiger partial charge in [-0.2, -0.15) is 0 Å². The first kappa shape index (κ1) is 21.8. The third-order valence-corrected chi connectivity index (χ3v) is 6.49. The third kappa shape index (κ3) is 4.59. The highest BCUT2D eigenvalue weighted by atomic mass is 16.6. The van der Waals surface area contributed by atoms with Gasteiger partial charge in [0.05, 0.1) is 4.92 Å². The second kappa shape index (κ2) is 9.80. The molecule has 2 aromatic rings. The number of anilines is 1. The number of fused-ring (bicyclic) bond motifs is 1. The van der Waals surface area contributed by atoms with E-state index in [1.807, 2.05) is 23.1 Å². The van der Waals surface area contributed by atoms with Crippen molar-refractivity contribution in [3.63, 3.8) is 0 Å². The van der Waals surface area contributed by atoms with E-state index in [2.05, 4.69) is 10.6 Å². The zero-order valence-corrected chi connectivity index (χ0v) is 17.9. The van der Waals surface area contributed by atoms with Gasteiger partial charge in [-0.15, -0.1) is 0 Å². The number of benzene rings is 2. The van der Waals surface area contributed by atoms with E-state index in [4.69, 9.17) is 0 Å². The van der Waals surface area contributed by atoms with Crippen molar-refractivity contribution >= 4 is 23.2 Å². The zero-order chi connectivity index (χ0) is 22.5. The second-order valence-electron chi connectivity index (χ2n) is 8.43. The maximum atomic E-state index is 13.3. The number of carbonyl (C=O) groups excluding carboxylic acids is 2. The van der Waals surface area contributed by atoms with Crippen LogP contribution in [0.2, 0.25) is 0 Å². The van der Waals surface area contributed by atoms with E-state index < -0.39 is 11.0 Å². The van der Waals surface area contributed by atoms with Gasteiger partial charge in [0, 0.05) is 30.8 Å². The van der Waals surface area contributed by atoms with Gasteiger partial charge >= 0.3 is 0 Å². The topological polar surface area (TPSA) is 105 Å². The number of para-hydroxylation sites is 2. The van der Waals surface area contributed by atoms with Crippen LogP contribution in [0.5, 0.6) is 0 Å². The highest BCUT2D eigenvalue weighted by Crippen LogP contribution is 2.40. The SMILES string of the molecule is O=C(NCCNc1ccccc1[N+](=O)[O-])C1CC2CCCCC2N1C(=O)c1ccccc1. The molecule has 0 aromatic heterocycles. The van der Waals surface area contributed by atoms with E-state index in [0.29, 0.717) is 36.7 Å². The molecule has 3 atom stereocenters. The van der Waals surface area contributed by atoms with Crippen molar-refractivity contribution in [3.8, 4) is 0 Å². The van der Waals surface area contributed by atoms with Crippen molar-refractivity contribution in [2.75, 3.05) is 18.4 Å². The van der Waals surface area contributed by atoms with Gasteiger partial charge in [0.1, 0.15) is 11.7 Å². The van der Waals surface area contributed by atoms with Crippen molar-refractivity contribution in [3.05, 3.63) is 70.3 Å². The summed E-state index contributed by atoms with van der Waals surface area (Å²) in [5.74, 6) is 0.114. The highest BCUT2D eigenvalue weighted by Gasteiger charge is 2.47. The fraction of sp³-hybridized carbons (Fsp3) is 0.417. The molecule has 2 amide bonds. The van der Waals surface area contributed by atoms with E-state index in [-0.39, 0.29) is 23.5 Å². The number of nitrogens with zero attached hydrogens (tertiary/aromatic N) is 2. The first-order valence-corrected chi connectivity index (χ1v) is 11.2. The fourth-order valence-electron chi connectivity index (χ4n) is 5.00. The number of carbonyl (C=O) groups is 2. The molecule has 0 bridgehead atoms. The summed E-state index contributed by atoms with van der Waals surface area (Å²) in [6.07, 6.45) is 4.89. The van der Waals surface area contributed by atoms with Gasteiger partial charge < -0.3 is 15.5 Å². The van der Waals surface area contributed by atoms with Crippen LogP contribution in [-0.4, -0.2) is 46.8 Å². The van der Waals surface area contributed by atoms with E-state index in [9.17, 15) is 19.7 Å². The number of likely N-dealkylation sites (tertiary alicyclic amines) is 1. The van der Waals surface area contributed by atoms with Gasteiger partial charge in [-0.05, 0) is 43.4 Å². The van der Waals surface area contributed by atoms with Crippen molar-refractivity contribution in [1.29, 1.82) is 0 Å². The minimum atomic E-state index is -0.484. The van der Waals surface area contributed by atoms with Crippen LogP contribution in [0.1, 0.15) is 42.5 Å². The Bertz CT molecular complexity index is 981. The van der Waals surface area contributed by atoms with Gasteiger partial charge in [-0.25, -0.2) is 0 Å². The maximum absolute atomic E-state index is 13.3. The first-order valence-electron chi connectivity index (χ1n) is 11.2. The Morgan fingerprint density at radius 1 is 1.00 bits per heavy atom. The molecule has 2 aliphatic rings. The number of nitro groups is 1. The van der Waals surface area contributed by atoms with Gasteiger partial charge in [-0.3, -0.25) is 19.7 Å². The summed E-state index contributed by atoms with van der Waals surface area (Å²) in [6, 6.07) is 15.2. The summed E-state index contributed by atoms with van der Waals surface area (Å²) in [5, 5.41) is 17.1. The summed E-state index contributed by atoms with van der Waals surface area (Å²) in [4.78, 5) is 38.9. The van der Waals surface area contributed by atoms with Gasteiger partial charge in [0.25, 0.3) is 11.6 Å². The lowest BCUT2D eigenvalue weighted by Crippen LogP contribution is -2.50. The number of amides is 2. The molecule has 1 saturated heterocycles. The molecule has 2 fully saturated rings. The number of hydrogen-bond donors (Lipinski definition) is 2. The lowest BCUT2D eigenvalue weighted by Gasteiger charge is -2.33. The van der Waals surface area contributed by atoms with Crippen LogP contribution in [-0.2, 0) is 4.79 Å². The predicted octanol–water partition coefficient (Wildman–Crippen LogP) is 3.60.